The van der Waals surface area contributed by atoms with Gasteiger partial charge < -0.3 is 5.32 Å². The van der Waals surface area contributed by atoms with Crippen LogP contribution in [0.15, 0.2) is 48.5 Å². The standard InChI is InChI=1S/C16H17N/c1-17-16-10-8-14-11-13(7-9-15(14)16)12-5-3-2-4-6-12/h2-7,9,11,16-17H,8,10H2,1H3. The summed E-state index contributed by atoms with van der Waals surface area (Å²) in [6, 6.07) is 18.0. The Hall–Kier alpha value is -1.60. The first-order valence-electron chi connectivity index (χ1n) is 6.24. The molecular formula is C16H17N. The third-order valence-corrected chi connectivity index (χ3v) is 3.68. The van der Waals surface area contributed by atoms with Crippen molar-refractivity contribution in [2.75, 3.05) is 7.05 Å². The summed E-state index contributed by atoms with van der Waals surface area (Å²) in [4.78, 5) is 0. The number of hydrogen-bond donors (Lipinski definition) is 1. The molecule has 0 radical (unpaired) electrons. The average Bonchev–Trinajstić information content (AvgIpc) is 2.81. The van der Waals surface area contributed by atoms with Crippen LogP contribution in [0.1, 0.15) is 23.6 Å². The molecule has 1 aliphatic carbocycles. The molecular weight excluding hydrogens is 206 g/mol. The zero-order valence-electron chi connectivity index (χ0n) is 10.1. The second kappa shape index (κ2) is 4.34. The number of hydrogen-bond acceptors (Lipinski definition) is 1. The second-order valence-corrected chi connectivity index (χ2v) is 4.66. The summed E-state index contributed by atoms with van der Waals surface area (Å²) in [6.07, 6.45) is 2.42. The molecule has 86 valence electrons. The third-order valence-electron chi connectivity index (χ3n) is 3.68. The molecule has 17 heavy (non-hydrogen) atoms. The minimum Gasteiger partial charge on any atom is -0.313 e. The highest BCUT2D eigenvalue weighted by atomic mass is 14.9. The molecule has 0 spiro atoms. The van der Waals surface area contributed by atoms with E-state index in [0.29, 0.717) is 6.04 Å². The Balaban J connectivity index is 2.01. The first kappa shape index (κ1) is 10.5. The Morgan fingerprint density at radius 1 is 1.00 bits per heavy atom. The van der Waals surface area contributed by atoms with Crippen LogP contribution in [0.3, 0.4) is 0 Å². The van der Waals surface area contributed by atoms with Crippen LogP contribution in [0.5, 0.6) is 0 Å². The lowest BCUT2D eigenvalue weighted by Crippen LogP contribution is -2.12. The zero-order chi connectivity index (χ0) is 11.7. The molecule has 0 heterocycles. The molecule has 1 N–H and O–H groups in total. The van der Waals surface area contributed by atoms with Gasteiger partial charge in [0.25, 0.3) is 0 Å². The van der Waals surface area contributed by atoms with Gasteiger partial charge in [-0.25, -0.2) is 0 Å². The van der Waals surface area contributed by atoms with Gasteiger partial charge in [-0.2, -0.15) is 0 Å². The van der Waals surface area contributed by atoms with Crippen LogP contribution in [0.2, 0.25) is 0 Å². The van der Waals surface area contributed by atoms with E-state index in [1.165, 1.54) is 35.1 Å². The van der Waals surface area contributed by atoms with Crippen LogP contribution >= 0.6 is 0 Å². The van der Waals surface area contributed by atoms with E-state index in [4.69, 9.17) is 0 Å². The summed E-state index contributed by atoms with van der Waals surface area (Å²) >= 11 is 0. The van der Waals surface area contributed by atoms with Crippen molar-refractivity contribution < 1.29 is 0 Å². The minimum absolute atomic E-state index is 0.551. The van der Waals surface area contributed by atoms with Crippen LogP contribution in [0, 0.1) is 0 Å². The third kappa shape index (κ3) is 1.87. The molecule has 0 amide bonds. The number of nitrogens with one attached hydrogen (secondary N) is 1. The molecule has 0 saturated heterocycles. The van der Waals surface area contributed by atoms with Crippen molar-refractivity contribution in [2.45, 2.75) is 18.9 Å². The summed E-state index contributed by atoms with van der Waals surface area (Å²) < 4.78 is 0. The van der Waals surface area contributed by atoms with Gasteiger partial charge in [-0.1, -0.05) is 48.5 Å². The van der Waals surface area contributed by atoms with Gasteiger partial charge >= 0.3 is 0 Å². The molecule has 1 unspecified atom stereocenters. The maximum absolute atomic E-state index is 3.38. The van der Waals surface area contributed by atoms with E-state index < -0.39 is 0 Å². The van der Waals surface area contributed by atoms with E-state index in [-0.39, 0.29) is 0 Å². The second-order valence-electron chi connectivity index (χ2n) is 4.66. The van der Waals surface area contributed by atoms with E-state index >= 15 is 0 Å². The summed E-state index contributed by atoms with van der Waals surface area (Å²) in [5, 5.41) is 3.38. The Morgan fingerprint density at radius 2 is 1.82 bits per heavy atom. The van der Waals surface area contributed by atoms with Crippen molar-refractivity contribution in [3.63, 3.8) is 0 Å². The lowest BCUT2D eigenvalue weighted by Gasteiger charge is -2.10. The van der Waals surface area contributed by atoms with Crippen molar-refractivity contribution >= 4 is 0 Å². The fourth-order valence-electron chi connectivity index (χ4n) is 2.73. The maximum Gasteiger partial charge on any atom is 0.0323 e. The maximum atomic E-state index is 3.38. The van der Waals surface area contributed by atoms with Crippen molar-refractivity contribution in [1.82, 2.24) is 5.32 Å². The van der Waals surface area contributed by atoms with Gasteiger partial charge in [-0.3, -0.25) is 0 Å². The highest BCUT2D eigenvalue weighted by Crippen LogP contribution is 2.33. The Labute approximate surface area is 102 Å². The highest BCUT2D eigenvalue weighted by Gasteiger charge is 2.20. The Bertz CT molecular complexity index is 516. The van der Waals surface area contributed by atoms with E-state index in [2.05, 4.69) is 53.8 Å². The van der Waals surface area contributed by atoms with Crippen molar-refractivity contribution in [1.29, 1.82) is 0 Å². The van der Waals surface area contributed by atoms with Crippen molar-refractivity contribution in [2.24, 2.45) is 0 Å². The lowest BCUT2D eigenvalue weighted by molar-refractivity contribution is 0.590. The van der Waals surface area contributed by atoms with E-state index in [1.54, 1.807) is 0 Å². The smallest absolute Gasteiger partial charge is 0.0323 e. The zero-order valence-corrected chi connectivity index (χ0v) is 10.1. The van der Waals surface area contributed by atoms with Gasteiger partial charge in [0.05, 0.1) is 0 Å². The monoisotopic (exact) mass is 223 g/mol. The predicted molar refractivity (Wildman–Crippen MR) is 72.0 cm³/mol. The molecule has 0 aromatic heterocycles. The fourth-order valence-corrected chi connectivity index (χ4v) is 2.73. The van der Waals surface area contributed by atoms with Crippen LogP contribution in [-0.2, 0) is 6.42 Å². The van der Waals surface area contributed by atoms with Gasteiger partial charge in [0.1, 0.15) is 0 Å². The van der Waals surface area contributed by atoms with E-state index in [9.17, 15) is 0 Å². The summed E-state index contributed by atoms with van der Waals surface area (Å²) in [7, 11) is 2.05. The molecule has 0 fully saturated rings. The quantitative estimate of drug-likeness (QED) is 0.820. The van der Waals surface area contributed by atoms with Gasteiger partial charge in [0.15, 0.2) is 0 Å². The van der Waals surface area contributed by atoms with Crippen LogP contribution in [-0.4, -0.2) is 7.05 Å². The molecule has 3 rings (SSSR count). The lowest BCUT2D eigenvalue weighted by atomic mass is 10.00. The number of benzene rings is 2. The predicted octanol–water partition coefficient (Wildman–Crippen LogP) is 3.56. The largest absolute Gasteiger partial charge is 0.313 e. The summed E-state index contributed by atoms with van der Waals surface area (Å²) in [5.74, 6) is 0. The van der Waals surface area contributed by atoms with Crippen LogP contribution in [0.25, 0.3) is 11.1 Å². The van der Waals surface area contributed by atoms with E-state index in [0.717, 1.165) is 0 Å². The fraction of sp³-hybridized carbons (Fsp3) is 0.250. The number of aryl methyl sites for hydroxylation is 1. The average molecular weight is 223 g/mol. The topological polar surface area (TPSA) is 12.0 Å². The first-order chi connectivity index (χ1) is 8.38. The first-order valence-corrected chi connectivity index (χ1v) is 6.24. The SMILES string of the molecule is CNC1CCc2cc(-c3ccccc3)ccc21. The van der Waals surface area contributed by atoms with Crippen LogP contribution < -0.4 is 5.32 Å². The molecule has 0 bridgehead atoms. The number of fused-ring (bicyclic) bond motifs is 1. The molecule has 1 nitrogen and oxygen atoms in total. The molecule has 1 heteroatoms. The molecule has 1 atom stereocenters. The van der Waals surface area contributed by atoms with Crippen LogP contribution in [0.4, 0.5) is 0 Å². The molecule has 0 saturated carbocycles. The van der Waals surface area contributed by atoms with Gasteiger partial charge in [0.2, 0.25) is 0 Å². The molecule has 0 aliphatic heterocycles. The minimum atomic E-state index is 0.551. The van der Waals surface area contributed by atoms with Gasteiger partial charge in [0, 0.05) is 6.04 Å². The van der Waals surface area contributed by atoms with Crippen molar-refractivity contribution in [3.8, 4) is 11.1 Å². The normalized spacial score (nSPS) is 18.1. The van der Waals surface area contributed by atoms with Gasteiger partial charge in [-0.05, 0) is 42.1 Å². The van der Waals surface area contributed by atoms with Gasteiger partial charge in [-0.15, -0.1) is 0 Å². The molecule has 2 aromatic carbocycles. The van der Waals surface area contributed by atoms with Crippen molar-refractivity contribution in [3.05, 3.63) is 59.7 Å². The molecule has 1 aliphatic rings. The highest BCUT2D eigenvalue weighted by molar-refractivity contribution is 5.65. The Kier molecular flexibility index (Phi) is 2.69. The molecule has 2 aromatic rings. The Morgan fingerprint density at radius 3 is 2.59 bits per heavy atom. The number of rotatable bonds is 2. The summed E-state index contributed by atoms with van der Waals surface area (Å²) in [6.45, 7) is 0. The van der Waals surface area contributed by atoms with E-state index in [1.807, 2.05) is 7.05 Å². The summed E-state index contributed by atoms with van der Waals surface area (Å²) in [5.41, 5.74) is 5.63.